The van der Waals surface area contributed by atoms with Gasteiger partial charge >= 0.3 is 0 Å². The van der Waals surface area contributed by atoms with Gasteiger partial charge in [-0.3, -0.25) is 0 Å². The highest BCUT2D eigenvalue weighted by molar-refractivity contribution is 7.89. The van der Waals surface area contributed by atoms with Crippen molar-refractivity contribution in [2.75, 3.05) is 6.54 Å². The number of hydrogen-bond donors (Lipinski definition) is 1. The fourth-order valence-electron chi connectivity index (χ4n) is 1.75. The highest BCUT2D eigenvalue weighted by Gasteiger charge is 2.18. The first-order valence-electron chi connectivity index (χ1n) is 6.12. The molecule has 1 N–H and O–H groups in total. The number of nitrogens with zero attached hydrogens (tertiary/aromatic N) is 2. The SMILES string of the molecule is N#Cc1ncccc1S(=O)(=O)NCCc1ccc(Cl)cc1. The summed E-state index contributed by atoms with van der Waals surface area (Å²) in [5.41, 5.74) is 0.852. The van der Waals surface area contributed by atoms with Gasteiger partial charge in [0.1, 0.15) is 11.0 Å². The van der Waals surface area contributed by atoms with Gasteiger partial charge in [0.2, 0.25) is 10.0 Å². The molecule has 0 aliphatic heterocycles. The second-order valence-corrected chi connectivity index (χ2v) is 6.41. The minimum absolute atomic E-state index is 0.108. The lowest BCUT2D eigenvalue weighted by Gasteiger charge is -2.07. The Morgan fingerprint density at radius 1 is 1.24 bits per heavy atom. The summed E-state index contributed by atoms with van der Waals surface area (Å²) in [5.74, 6) is 0. The molecule has 0 fully saturated rings. The molecule has 0 amide bonds. The van der Waals surface area contributed by atoms with E-state index in [9.17, 15) is 8.42 Å². The van der Waals surface area contributed by atoms with Crippen molar-refractivity contribution >= 4 is 21.6 Å². The van der Waals surface area contributed by atoms with Crippen LogP contribution in [0.15, 0.2) is 47.5 Å². The van der Waals surface area contributed by atoms with Crippen LogP contribution in [0.3, 0.4) is 0 Å². The van der Waals surface area contributed by atoms with Crippen LogP contribution in [-0.4, -0.2) is 19.9 Å². The summed E-state index contributed by atoms with van der Waals surface area (Å²) in [6, 6.07) is 11.8. The Balaban J connectivity index is 2.05. The standard InChI is InChI=1S/C14H12ClN3O2S/c15-12-5-3-11(4-6-12)7-9-18-21(19,20)14-2-1-8-17-13(14)10-16/h1-6,8,18H,7,9H2. The van der Waals surface area contributed by atoms with Crippen LogP contribution < -0.4 is 4.72 Å². The van der Waals surface area contributed by atoms with Crippen LogP contribution in [-0.2, 0) is 16.4 Å². The second kappa shape index (κ2) is 6.68. The van der Waals surface area contributed by atoms with Crippen LogP contribution in [0.25, 0.3) is 0 Å². The van der Waals surface area contributed by atoms with Gasteiger partial charge in [0.05, 0.1) is 0 Å². The van der Waals surface area contributed by atoms with Gasteiger partial charge in [-0.25, -0.2) is 18.1 Å². The summed E-state index contributed by atoms with van der Waals surface area (Å²) < 4.78 is 26.7. The van der Waals surface area contributed by atoms with Gasteiger partial charge in [-0.2, -0.15) is 5.26 Å². The number of nitriles is 1. The molecule has 5 nitrogen and oxygen atoms in total. The molecule has 0 aliphatic carbocycles. The Hall–Kier alpha value is -1.94. The van der Waals surface area contributed by atoms with Crippen molar-refractivity contribution < 1.29 is 8.42 Å². The zero-order valence-electron chi connectivity index (χ0n) is 11.0. The molecule has 1 aromatic carbocycles. The first-order valence-corrected chi connectivity index (χ1v) is 7.98. The Labute approximate surface area is 128 Å². The van der Waals surface area contributed by atoms with E-state index in [-0.39, 0.29) is 17.1 Å². The number of sulfonamides is 1. The number of rotatable bonds is 5. The van der Waals surface area contributed by atoms with Crippen LogP contribution in [0.1, 0.15) is 11.3 Å². The maximum atomic E-state index is 12.1. The summed E-state index contributed by atoms with van der Waals surface area (Å²) in [5, 5.41) is 9.53. The van der Waals surface area contributed by atoms with Gasteiger partial charge in [0, 0.05) is 17.8 Å². The van der Waals surface area contributed by atoms with Gasteiger partial charge in [0.15, 0.2) is 5.69 Å². The van der Waals surface area contributed by atoms with Crippen molar-refractivity contribution in [3.8, 4) is 6.07 Å². The van der Waals surface area contributed by atoms with Crippen molar-refractivity contribution in [3.63, 3.8) is 0 Å². The molecule has 2 aromatic rings. The van der Waals surface area contributed by atoms with E-state index in [1.807, 2.05) is 12.1 Å². The lowest BCUT2D eigenvalue weighted by atomic mass is 10.2. The van der Waals surface area contributed by atoms with Crippen LogP contribution >= 0.6 is 11.6 Å². The summed E-state index contributed by atoms with van der Waals surface area (Å²) in [4.78, 5) is 3.64. The predicted molar refractivity (Wildman–Crippen MR) is 79.3 cm³/mol. The summed E-state index contributed by atoms with van der Waals surface area (Å²) >= 11 is 5.78. The number of pyridine rings is 1. The monoisotopic (exact) mass is 321 g/mol. The highest BCUT2D eigenvalue weighted by atomic mass is 35.5. The number of aromatic nitrogens is 1. The summed E-state index contributed by atoms with van der Waals surface area (Å²) in [6.07, 6.45) is 1.91. The summed E-state index contributed by atoms with van der Waals surface area (Å²) in [7, 11) is -3.74. The molecule has 0 saturated heterocycles. The van der Waals surface area contributed by atoms with E-state index in [1.54, 1.807) is 18.2 Å². The van der Waals surface area contributed by atoms with E-state index >= 15 is 0 Å². The molecule has 1 aromatic heterocycles. The van der Waals surface area contributed by atoms with E-state index in [2.05, 4.69) is 9.71 Å². The third-order valence-electron chi connectivity index (χ3n) is 2.79. The third-order valence-corrected chi connectivity index (χ3v) is 4.53. The lowest BCUT2D eigenvalue weighted by Crippen LogP contribution is -2.26. The van der Waals surface area contributed by atoms with Gasteiger partial charge < -0.3 is 0 Å². The van der Waals surface area contributed by atoms with E-state index in [4.69, 9.17) is 16.9 Å². The van der Waals surface area contributed by atoms with Crippen molar-refractivity contribution in [1.82, 2.24) is 9.71 Å². The third kappa shape index (κ3) is 4.02. The molecule has 0 spiro atoms. The van der Waals surface area contributed by atoms with Gasteiger partial charge in [-0.05, 0) is 36.2 Å². The minimum atomic E-state index is -3.74. The number of benzene rings is 1. The second-order valence-electron chi connectivity index (χ2n) is 4.24. The molecular formula is C14H12ClN3O2S. The Bertz CT molecular complexity index is 768. The molecule has 0 aliphatic rings. The number of halogens is 1. The quantitative estimate of drug-likeness (QED) is 0.914. The first kappa shape index (κ1) is 15.4. The Kier molecular flexibility index (Phi) is 4.91. The molecule has 0 saturated carbocycles. The Morgan fingerprint density at radius 2 is 1.95 bits per heavy atom. The van der Waals surface area contributed by atoms with E-state index in [1.165, 1.54) is 18.3 Å². The van der Waals surface area contributed by atoms with Crippen LogP contribution in [0, 0.1) is 11.3 Å². The molecule has 7 heteroatoms. The van der Waals surface area contributed by atoms with E-state index in [0.29, 0.717) is 11.4 Å². The first-order chi connectivity index (χ1) is 10.0. The molecule has 1 heterocycles. The van der Waals surface area contributed by atoms with Gasteiger partial charge in [-0.1, -0.05) is 23.7 Å². The molecule has 0 bridgehead atoms. The van der Waals surface area contributed by atoms with E-state index in [0.717, 1.165) is 5.56 Å². The molecule has 0 radical (unpaired) electrons. The number of hydrogen-bond acceptors (Lipinski definition) is 4. The van der Waals surface area contributed by atoms with Gasteiger partial charge in [-0.15, -0.1) is 0 Å². The smallest absolute Gasteiger partial charge is 0.243 e. The van der Waals surface area contributed by atoms with Crippen molar-refractivity contribution in [3.05, 3.63) is 58.9 Å². The van der Waals surface area contributed by atoms with Crippen LogP contribution in [0.2, 0.25) is 5.02 Å². The van der Waals surface area contributed by atoms with Crippen molar-refractivity contribution in [2.24, 2.45) is 0 Å². The van der Waals surface area contributed by atoms with Crippen molar-refractivity contribution in [2.45, 2.75) is 11.3 Å². The highest BCUT2D eigenvalue weighted by Crippen LogP contribution is 2.12. The minimum Gasteiger partial charge on any atom is -0.244 e. The molecule has 2 rings (SSSR count). The van der Waals surface area contributed by atoms with E-state index < -0.39 is 10.0 Å². The molecular weight excluding hydrogens is 310 g/mol. The molecule has 0 atom stereocenters. The zero-order valence-corrected chi connectivity index (χ0v) is 12.5. The maximum Gasteiger partial charge on any atom is 0.243 e. The zero-order chi connectivity index (χ0) is 15.3. The molecule has 0 unspecified atom stereocenters. The predicted octanol–water partition coefficient (Wildman–Crippen LogP) is 2.13. The van der Waals surface area contributed by atoms with Crippen molar-refractivity contribution in [1.29, 1.82) is 5.26 Å². The normalized spacial score (nSPS) is 11.0. The molecule has 108 valence electrons. The average Bonchev–Trinajstić information content (AvgIpc) is 2.49. The molecule has 21 heavy (non-hydrogen) atoms. The van der Waals surface area contributed by atoms with Crippen LogP contribution in [0.4, 0.5) is 0 Å². The summed E-state index contributed by atoms with van der Waals surface area (Å²) in [6.45, 7) is 0.226. The fraction of sp³-hybridized carbons (Fsp3) is 0.143. The average molecular weight is 322 g/mol. The fourth-order valence-corrected chi connectivity index (χ4v) is 3.01. The van der Waals surface area contributed by atoms with Crippen LogP contribution in [0.5, 0.6) is 0 Å². The Morgan fingerprint density at radius 3 is 2.62 bits per heavy atom. The maximum absolute atomic E-state index is 12.1. The van der Waals surface area contributed by atoms with Gasteiger partial charge in [0.25, 0.3) is 0 Å². The largest absolute Gasteiger partial charge is 0.244 e. The number of nitrogens with one attached hydrogen (secondary N) is 1. The topological polar surface area (TPSA) is 82.8 Å². The lowest BCUT2D eigenvalue weighted by molar-refractivity contribution is 0.581.